The van der Waals surface area contributed by atoms with Crippen LogP contribution in [0, 0.1) is 6.92 Å². The number of anilines is 1. The van der Waals surface area contributed by atoms with E-state index < -0.39 is 18.0 Å². The zero-order chi connectivity index (χ0) is 17.5. The van der Waals surface area contributed by atoms with Gasteiger partial charge in [0.1, 0.15) is 5.75 Å². The van der Waals surface area contributed by atoms with Crippen molar-refractivity contribution in [3.63, 3.8) is 0 Å². The molecule has 0 spiro atoms. The summed E-state index contributed by atoms with van der Waals surface area (Å²) in [4.78, 5) is 23.8. The predicted molar refractivity (Wildman–Crippen MR) is 92.3 cm³/mol. The molecule has 0 radical (unpaired) electrons. The first-order valence-electron chi connectivity index (χ1n) is 7.39. The van der Waals surface area contributed by atoms with Crippen LogP contribution in [0.3, 0.4) is 0 Å². The number of hydrogen-bond acceptors (Lipinski definition) is 4. The Balaban J connectivity index is 1.80. The molecule has 0 fully saturated rings. The van der Waals surface area contributed by atoms with Crippen LogP contribution in [0.4, 0.5) is 5.69 Å². The summed E-state index contributed by atoms with van der Waals surface area (Å²) in [7, 11) is 0. The van der Waals surface area contributed by atoms with Crippen LogP contribution in [0.1, 0.15) is 12.5 Å². The highest BCUT2D eigenvalue weighted by Gasteiger charge is 2.18. The molecule has 1 atom stereocenters. The van der Waals surface area contributed by atoms with Gasteiger partial charge >= 0.3 is 5.97 Å². The highest BCUT2D eigenvalue weighted by atomic mass is 35.5. The third kappa shape index (κ3) is 5.59. The topological polar surface area (TPSA) is 64.6 Å². The first-order chi connectivity index (χ1) is 11.4. The summed E-state index contributed by atoms with van der Waals surface area (Å²) in [5, 5.41) is 3.27. The van der Waals surface area contributed by atoms with Gasteiger partial charge in [0.25, 0.3) is 5.91 Å². The maximum Gasteiger partial charge on any atom is 0.344 e. The summed E-state index contributed by atoms with van der Waals surface area (Å²) in [6.07, 6.45) is -0.924. The number of nitrogens with one attached hydrogen (secondary N) is 1. The van der Waals surface area contributed by atoms with E-state index in [1.807, 2.05) is 25.1 Å². The fourth-order valence-electron chi connectivity index (χ4n) is 1.92. The Kier molecular flexibility index (Phi) is 6.21. The molecule has 0 aliphatic carbocycles. The minimum absolute atomic E-state index is 0.288. The molecule has 0 bridgehead atoms. The van der Waals surface area contributed by atoms with E-state index in [1.165, 1.54) is 6.92 Å². The second kappa shape index (κ2) is 8.36. The summed E-state index contributed by atoms with van der Waals surface area (Å²) in [5.41, 5.74) is 1.68. The number of ether oxygens (including phenoxy) is 2. The van der Waals surface area contributed by atoms with Crippen molar-refractivity contribution in [2.75, 3.05) is 11.9 Å². The average molecular weight is 348 g/mol. The largest absolute Gasteiger partial charge is 0.482 e. The Bertz CT molecular complexity index is 715. The van der Waals surface area contributed by atoms with Gasteiger partial charge in [0.05, 0.1) is 0 Å². The van der Waals surface area contributed by atoms with E-state index in [4.69, 9.17) is 21.1 Å². The van der Waals surface area contributed by atoms with Crippen molar-refractivity contribution in [2.45, 2.75) is 20.0 Å². The van der Waals surface area contributed by atoms with Crippen molar-refractivity contribution in [1.82, 2.24) is 0 Å². The Morgan fingerprint density at radius 1 is 1.17 bits per heavy atom. The average Bonchev–Trinajstić information content (AvgIpc) is 2.54. The molecule has 126 valence electrons. The van der Waals surface area contributed by atoms with E-state index in [1.54, 1.807) is 30.3 Å². The molecule has 6 heteroatoms. The van der Waals surface area contributed by atoms with Crippen molar-refractivity contribution in [3.05, 3.63) is 59.1 Å². The Morgan fingerprint density at radius 2 is 1.88 bits per heavy atom. The van der Waals surface area contributed by atoms with Crippen molar-refractivity contribution >= 4 is 29.2 Å². The number of aryl methyl sites for hydroxylation is 1. The van der Waals surface area contributed by atoms with Gasteiger partial charge in [-0.05, 0) is 55.8 Å². The minimum atomic E-state index is -0.924. The van der Waals surface area contributed by atoms with Crippen LogP contribution in [0.25, 0.3) is 0 Å². The second-order valence-corrected chi connectivity index (χ2v) is 5.67. The smallest absolute Gasteiger partial charge is 0.344 e. The van der Waals surface area contributed by atoms with Crippen LogP contribution in [0.15, 0.2) is 48.5 Å². The molecule has 2 aromatic rings. The number of carbonyl (C=O) groups is 2. The number of carbonyl (C=O) groups excluding carboxylic acids is 2. The molecule has 0 saturated heterocycles. The van der Waals surface area contributed by atoms with Crippen molar-refractivity contribution < 1.29 is 19.1 Å². The quantitative estimate of drug-likeness (QED) is 0.811. The van der Waals surface area contributed by atoms with Crippen molar-refractivity contribution in [3.8, 4) is 5.75 Å². The summed E-state index contributed by atoms with van der Waals surface area (Å²) in [6, 6.07) is 13.9. The number of amides is 1. The van der Waals surface area contributed by atoms with Gasteiger partial charge in [0.15, 0.2) is 12.7 Å². The van der Waals surface area contributed by atoms with E-state index in [-0.39, 0.29) is 6.61 Å². The van der Waals surface area contributed by atoms with E-state index >= 15 is 0 Å². The van der Waals surface area contributed by atoms with Crippen LogP contribution >= 0.6 is 11.6 Å². The molecule has 0 heterocycles. The monoisotopic (exact) mass is 347 g/mol. The molecular weight excluding hydrogens is 330 g/mol. The van der Waals surface area contributed by atoms with E-state index in [0.29, 0.717) is 16.5 Å². The zero-order valence-corrected chi connectivity index (χ0v) is 14.2. The molecular formula is C18H18ClNO4. The van der Waals surface area contributed by atoms with Crippen LogP contribution in [0.2, 0.25) is 5.02 Å². The summed E-state index contributed by atoms with van der Waals surface area (Å²) in [6.45, 7) is 3.14. The Morgan fingerprint density at radius 3 is 2.54 bits per heavy atom. The molecule has 24 heavy (non-hydrogen) atoms. The molecule has 1 amide bonds. The first kappa shape index (κ1) is 17.8. The fourth-order valence-corrected chi connectivity index (χ4v) is 2.05. The highest BCUT2D eigenvalue weighted by molar-refractivity contribution is 6.30. The Hall–Kier alpha value is -2.53. The molecule has 0 aromatic heterocycles. The third-order valence-electron chi connectivity index (χ3n) is 3.13. The summed E-state index contributed by atoms with van der Waals surface area (Å²) >= 11 is 5.76. The van der Waals surface area contributed by atoms with Crippen LogP contribution in [0.5, 0.6) is 5.75 Å². The molecule has 0 aliphatic rings. The van der Waals surface area contributed by atoms with E-state index in [9.17, 15) is 9.59 Å². The van der Waals surface area contributed by atoms with Gasteiger partial charge in [-0.15, -0.1) is 0 Å². The standard InChI is InChI=1S/C18H18ClNO4/c1-12-4-3-5-15(10-12)20-18(22)13(2)24-17(21)11-23-16-8-6-14(19)7-9-16/h3-10,13H,11H2,1-2H3,(H,20,22)/t13-/m1/s1. The number of hydrogen-bond donors (Lipinski definition) is 1. The van der Waals surface area contributed by atoms with Crippen molar-refractivity contribution in [2.24, 2.45) is 0 Å². The van der Waals surface area contributed by atoms with Gasteiger partial charge in [-0.25, -0.2) is 4.79 Å². The van der Waals surface area contributed by atoms with Gasteiger partial charge in [0.2, 0.25) is 0 Å². The van der Waals surface area contributed by atoms with Gasteiger partial charge in [-0.2, -0.15) is 0 Å². The predicted octanol–water partition coefficient (Wildman–Crippen LogP) is 3.60. The molecule has 2 aromatic carbocycles. The maximum absolute atomic E-state index is 12.0. The Labute approximate surface area is 145 Å². The minimum Gasteiger partial charge on any atom is -0.482 e. The van der Waals surface area contributed by atoms with Crippen LogP contribution in [-0.4, -0.2) is 24.6 Å². The van der Waals surface area contributed by atoms with Gasteiger partial charge in [0, 0.05) is 10.7 Å². The number of esters is 1. The summed E-state index contributed by atoms with van der Waals surface area (Å²) in [5.74, 6) is -0.537. The first-order valence-corrected chi connectivity index (χ1v) is 7.77. The summed E-state index contributed by atoms with van der Waals surface area (Å²) < 4.78 is 10.3. The number of rotatable bonds is 6. The molecule has 2 rings (SSSR count). The highest BCUT2D eigenvalue weighted by Crippen LogP contribution is 2.15. The number of halogens is 1. The lowest BCUT2D eigenvalue weighted by molar-refractivity contribution is -0.155. The fraction of sp³-hybridized carbons (Fsp3) is 0.222. The molecule has 1 N–H and O–H groups in total. The third-order valence-corrected chi connectivity index (χ3v) is 3.39. The van der Waals surface area contributed by atoms with Crippen molar-refractivity contribution in [1.29, 1.82) is 0 Å². The van der Waals surface area contributed by atoms with Gasteiger partial charge in [-0.3, -0.25) is 4.79 Å². The molecule has 0 unspecified atom stereocenters. The zero-order valence-electron chi connectivity index (χ0n) is 13.4. The van der Waals surface area contributed by atoms with E-state index in [2.05, 4.69) is 5.32 Å². The SMILES string of the molecule is Cc1cccc(NC(=O)[C@@H](C)OC(=O)COc2ccc(Cl)cc2)c1. The lowest BCUT2D eigenvalue weighted by Crippen LogP contribution is -2.31. The molecule has 0 aliphatic heterocycles. The normalized spacial score (nSPS) is 11.5. The molecule has 0 saturated carbocycles. The van der Waals surface area contributed by atoms with E-state index in [0.717, 1.165) is 5.56 Å². The van der Waals surface area contributed by atoms with Crippen LogP contribution in [-0.2, 0) is 14.3 Å². The number of benzene rings is 2. The lowest BCUT2D eigenvalue weighted by Gasteiger charge is -2.14. The van der Waals surface area contributed by atoms with Gasteiger partial charge in [-0.1, -0.05) is 23.7 Å². The van der Waals surface area contributed by atoms with Gasteiger partial charge < -0.3 is 14.8 Å². The second-order valence-electron chi connectivity index (χ2n) is 5.23. The van der Waals surface area contributed by atoms with Crippen LogP contribution < -0.4 is 10.1 Å². The lowest BCUT2D eigenvalue weighted by atomic mass is 10.2. The maximum atomic E-state index is 12.0. The molecule has 5 nitrogen and oxygen atoms in total.